The van der Waals surface area contributed by atoms with E-state index in [-0.39, 0.29) is 17.7 Å². The molecular formula is C14H28N4O2S. The highest BCUT2D eigenvalue weighted by Crippen LogP contribution is 2.18. The minimum Gasteiger partial charge on any atom is -0.342 e. The van der Waals surface area contributed by atoms with Crippen molar-refractivity contribution in [3.05, 3.63) is 0 Å². The number of hydrogen-bond donors (Lipinski definition) is 2. The lowest BCUT2D eigenvalue weighted by molar-refractivity contribution is -0.133. The summed E-state index contributed by atoms with van der Waals surface area (Å²) in [5.74, 6) is 6.68. The molecule has 122 valence electrons. The number of likely N-dealkylation sites (tertiary alicyclic amines) is 1. The smallest absolute Gasteiger partial charge is 0.237 e. The first-order chi connectivity index (χ1) is 10.1. The number of hydrogen-bond acceptors (Lipinski definition) is 5. The lowest BCUT2D eigenvalue weighted by Gasteiger charge is -2.31. The molecule has 1 fully saturated rings. The van der Waals surface area contributed by atoms with Crippen LogP contribution in [0.3, 0.4) is 0 Å². The maximum atomic E-state index is 12.1. The van der Waals surface area contributed by atoms with Crippen molar-refractivity contribution in [3.63, 3.8) is 0 Å². The second-order valence-electron chi connectivity index (χ2n) is 5.24. The van der Waals surface area contributed by atoms with Gasteiger partial charge in [-0.2, -0.15) is 11.8 Å². The molecule has 1 aliphatic rings. The summed E-state index contributed by atoms with van der Waals surface area (Å²) in [5, 5.41) is 0. The van der Waals surface area contributed by atoms with E-state index in [1.54, 1.807) is 11.8 Å². The van der Waals surface area contributed by atoms with Crippen molar-refractivity contribution in [2.24, 2.45) is 11.8 Å². The number of nitrogens with zero attached hydrogens (tertiary/aromatic N) is 2. The summed E-state index contributed by atoms with van der Waals surface area (Å²) < 4.78 is 0. The number of carbonyl (C=O) groups is 2. The number of amides is 2. The number of piperidine rings is 1. The van der Waals surface area contributed by atoms with Gasteiger partial charge in [0, 0.05) is 31.3 Å². The van der Waals surface area contributed by atoms with E-state index in [2.05, 4.69) is 24.2 Å². The second kappa shape index (κ2) is 10.0. The predicted molar refractivity (Wildman–Crippen MR) is 86.7 cm³/mol. The maximum absolute atomic E-state index is 12.1. The molecule has 0 aromatic carbocycles. The third-order valence-electron chi connectivity index (χ3n) is 4.03. The highest BCUT2D eigenvalue weighted by Gasteiger charge is 2.26. The van der Waals surface area contributed by atoms with Gasteiger partial charge in [-0.15, -0.1) is 0 Å². The molecule has 1 heterocycles. The average Bonchev–Trinajstić information content (AvgIpc) is 2.54. The van der Waals surface area contributed by atoms with Crippen molar-refractivity contribution >= 4 is 23.6 Å². The Labute approximate surface area is 131 Å². The Kier molecular flexibility index (Phi) is 8.72. The minimum atomic E-state index is -0.115. The fourth-order valence-corrected chi connectivity index (χ4v) is 3.38. The molecule has 0 radical (unpaired) electrons. The van der Waals surface area contributed by atoms with E-state index < -0.39 is 0 Å². The summed E-state index contributed by atoms with van der Waals surface area (Å²) in [7, 11) is 0. The van der Waals surface area contributed by atoms with Gasteiger partial charge in [0.2, 0.25) is 11.8 Å². The van der Waals surface area contributed by atoms with Gasteiger partial charge in [0.1, 0.15) is 0 Å². The van der Waals surface area contributed by atoms with Crippen LogP contribution in [-0.2, 0) is 9.59 Å². The van der Waals surface area contributed by atoms with Gasteiger partial charge in [-0.3, -0.25) is 15.0 Å². The molecule has 0 saturated carbocycles. The van der Waals surface area contributed by atoms with Crippen LogP contribution in [0, 0.1) is 5.92 Å². The van der Waals surface area contributed by atoms with Crippen molar-refractivity contribution < 1.29 is 9.59 Å². The standard InChI is InChI=1S/C14H28N4O2S/c1-3-17(4-2)9-10-21-11-13(19)18-7-5-12(6-8-18)14(20)16-15/h12H,3-11,15H2,1-2H3,(H,16,20). The first kappa shape index (κ1) is 18.3. The van der Waals surface area contributed by atoms with Gasteiger partial charge in [0.15, 0.2) is 0 Å². The Balaban J connectivity index is 2.18. The molecule has 0 spiro atoms. The zero-order chi connectivity index (χ0) is 15.7. The van der Waals surface area contributed by atoms with Gasteiger partial charge >= 0.3 is 0 Å². The van der Waals surface area contributed by atoms with E-state index in [0.717, 1.165) is 25.4 Å². The van der Waals surface area contributed by atoms with Crippen LogP contribution in [-0.4, -0.2) is 65.8 Å². The van der Waals surface area contributed by atoms with Crippen molar-refractivity contribution in [1.29, 1.82) is 0 Å². The Morgan fingerprint density at radius 2 is 1.90 bits per heavy atom. The van der Waals surface area contributed by atoms with E-state index >= 15 is 0 Å². The van der Waals surface area contributed by atoms with E-state index in [1.807, 2.05) is 4.90 Å². The summed E-state index contributed by atoms with van der Waals surface area (Å²) in [6.45, 7) is 8.77. The number of nitrogens with two attached hydrogens (primary N) is 1. The molecule has 0 aromatic rings. The molecular weight excluding hydrogens is 288 g/mol. The number of hydrazine groups is 1. The van der Waals surface area contributed by atoms with Gasteiger partial charge in [-0.25, -0.2) is 5.84 Å². The first-order valence-electron chi connectivity index (χ1n) is 7.70. The molecule has 2 amide bonds. The first-order valence-corrected chi connectivity index (χ1v) is 8.86. The fraction of sp³-hybridized carbons (Fsp3) is 0.857. The Morgan fingerprint density at radius 1 is 1.29 bits per heavy atom. The molecule has 0 atom stereocenters. The molecule has 3 N–H and O–H groups in total. The summed E-state index contributed by atoms with van der Waals surface area (Å²) in [6, 6.07) is 0. The zero-order valence-corrected chi connectivity index (χ0v) is 14.0. The average molecular weight is 316 g/mol. The Hall–Kier alpha value is -0.790. The largest absolute Gasteiger partial charge is 0.342 e. The topological polar surface area (TPSA) is 78.7 Å². The van der Waals surface area contributed by atoms with Gasteiger partial charge < -0.3 is 9.80 Å². The predicted octanol–water partition coefficient (Wildman–Crippen LogP) is 0.290. The molecule has 7 heteroatoms. The zero-order valence-electron chi connectivity index (χ0n) is 13.1. The van der Waals surface area contributed by atoms with Crippen LogP contribution in [0.15, 0.2) is 0 Å². The van der Waals surface area contributed by atoms with Crippen molar-refractivity contribution in [2.75, 3.05) is 44.2 Å². The van der Waals surface area contributed by atoms with E-state index in [4.69, 9.17) is 5.84 Å². The van der Waals surface area contributed by atoms with Crippen molar-refractivity contribution in [3.8, 4) is 0 Å². The van der Waals surface area contributed by atoms with Gasteiger partial charge in [-0.1, -0.05) is 13.8 Å². The third kappa shape index (κ3) is 6.23. The van der Waals surface area contributed by atoms with Crippen LogP contribution in [0.1, 0.15) is 26.7 Å². The molecule has 0 aliphatic carbocycles. The summed E-state index contributed by atoms with van der Waals surface area (Å²) >= 11 is 1.69. The monoisotopic (exact) mass is 316 g/mol. The van der Waals surface area contributed by atoms with Gasteiger partial charge in [-0.05, 0) is 25.9 Å². The Bertz CT molecular complexity index is 329. The summed E-state index contributed by atoms with van der Waals surface area (Å²) in [5.41, 5.74) is 2.19. The van der Waals surface area contributed by atoms with Gasteiger partial charge in [0.05, 0.1) is 5.75 Å². The maximum Gasteiger partial charge on any atom is 0.237 e. The normalized spacial score (nSPS) is 16.3. The Morgan fingerprint density at radius 3 is 2.43 bits per heavy atom. The minimum absolute atomic E-state index is 0.0469. The number of carbonyl (C=O) groups excluding carboxylic acids is 2. The van der Waals surface area contributed by atoms with E-state index in [9.17, 15) is 9.59 Å². The SMILES string of the molecule is CCN(CC)CCSCC(=O)N1CCC(C(=O)NN)CC1. The van der Waals surface area contributed by atoms with Gasteiger partial charge in [0.25, 0.3) is 0 Å². The van der Waals surface area contributed by atoms with Crippen LogP contribution >= 0.6 is 11.8 Å². The lowest BCUT2D eigenvalue weighted by Crippen LogP contribution is -2.45. The van der Waals surface area contributed by atoms with Crippen LogP contribution in [0.2, 0.25) is 0 Å². The summed E-state index contributed by atoms with van der Waals surface area (Å²) in [4.78, 5) is 27.7. The third-order valence-corrected chi connectivity index (χ3v) is 4.95. The molecule has 0 aromatic heterocycles. The number of nitrogens with one attached hydrogen (secondary N) is 1. The summed E-state index contributed by atoms with van der Waals surface area (Å²) in [6.07, 6.45) is 1.41. The molecule has 0 unspecified atom stereocenters. The number of thioether (sulfide) groups is 1. The lowest BCUT2D eigenvalue weighted by atomic mass is 9.96. The van der Waals surface area contributed by atoms with Crippen LogP contribution in [0.25, 0.3) is 0 Å². The molecule has 6 nitrogen and oxygen atoms in total. The fourth-order valence-electron chi connectivity index (χ4n) is 2.49. The molecule has 0 bridgehead atoms. The van der Waals surface area contributed by atoms with Crippen molar-refractivity contribution in [1.82, 2.24) is 15.2 Å². The quantitative estimate of drug-likeness (QED) is 0.291. The van der Waals surface area contributed by atoms with E-state index in [0.29, 0.717) is 31.7 Å². The van der Waals surface area contributed by atoms with Crippen molar-refractivity contribution in [2.45, 2.75) is 26.7 Å². The molecule has 1 rings (SSSR count). The van der Waals surface area contributed by atoms with Crippen LogP contribution in [0.5, 0.6) is 0 Å². The highest BCUT2D eigenvalue weighted by molar-refractivity contribution is 7.99. The van der Waals surface area contributed by atoms with E-state index in [1.165, 1.54) is 0 Å². The number of rotatable bonds is 8. The van der Waals surface area contributed by atoms with Crippen LogP contribution in [0.4, 0.5) is 0 Å². The second-order valence-corrected chi connectivity index (χ2v) is 6.35. The highest BCUT2D eigenvalue weighted by atomic mass is 32.2. The van der Waals surface area contributed by atoms with Crippen LogP contribution < -0.4 is 11.3 Å². The molecule has 1 aliphatic heterocycles. The molecule has 1 saturated heterocycles. The molecule has 21 heavy (non-hydrogen) atoms.